The third-order valence-corrected chi connectivity index (χ3v) is 7.77. The Bertz CT molecular complexity index is 1260. The van der Waals surface area contributed by atoms with Crippen LogP contribution in [0.25, 0.3) is 22.7 Å². The summed E-state index contributed by atoms with van der Waals surface area (Å²) in [5.74, 6) is 0.611. The van der Waals surface area contributed by atoms with E-state index in [0.29, 0.717) is 23.1 Å². The second kappa shape index (κ2) is 14.0. The van der Waals surface area contributed by atoms with Crippen LogP contribution in [0.15, 0.2) is 63.8 Å². The van der Waals surface area contributed by atoms with Crippen LogP contribution in [0.3, 0.4) is 0 Å². The molecule has 4 heterocycles. The van der Waals surface area contributed by atoms with Crippen LogP contribution in [-0.2, 0) is 4.79 Å². The number of likely N-dealkylation sites (tertiary alicyclic amines) is 1. The second-order valence-electron chi connectivity index (χ2n) is 9.22. The molecule has 0 unspecified atom stereocenters. The van der Waals surface area contributed by atoms with Crippen molar-refractivity contribution in [1.29, 1.82) is 0 Å². The standard InChI is InChI=1S/C25H26N4O2S2.C3H7NO/c30-24(23-11-7-16-32-23)29(15-8-14-28-12-5-2-6-13-28)25-26-21(18-33-25)22-17-20(27-31-22)19-9-3-1-4-10-19;1-4(2)3-5/h1,3-4,7,9-11,16-18H,2,5-6,8,12-15H2;3H,1-2H3. The molecule has 1 aromatic carbocycles. The molecule has 1 aliphatic rings. The fraction of sp³-hybridized carbons (Fsp3) is 0.357. The van der Waals surface area contributed by atoms with E-state index in [0.717, 1.165) is 48.6 Å². The van der Waals surface area contributed by atoms with E-state index < -0.39 is 0 Å². The molecular formula is C28H33N5O3S2. The van der Waals surface area contributed by atoms with Gasteiger partial charge in [-0.2, -0.15) is 0 Å². The van der Waals surface area contributed by atoms with Crippen molar-refractivity contribution in [1.82, 2.24) is 19.9 Å². The number of thiophene rings is 1. The lowest BCUT2D eigenvalue weighted by atomic mass is 10.1. The van der Waals surface area contributed by atoms with Crippen molar-refractivity contribution in [3.05, 3.63) is 64.2 Å². The third-order valence-electron chi connectivity index (χ3n) is 6.05. The number of hydrogen-bond acceptors (Lipinski definition) is 8. The van der Waals surface area contributed by atoms with Gasteiger partial charge in [-0.3, -0.25) is 14.5 Å². The molecule has 5 rings (SSSR count). The molecule has 38 heavy (non-hydrogen) atoms. The molecule has 10 heteroatoms. The van der Waals surface area contributed by atoms with E-state index in [-0.39, 0.29) is 5.91 Å². The summed E-state index contributed by atoms with van der Waals surface area (Å²) in [4.78, 5) is 34.0. The second-order valence-corrected chi connectivity index (χ2v) is 11.0. The van der Waals surface area contributed by atoms with Crippen LogP contribution in [0.2, 0.25) is 0 Å². The Morgan fingerprint density at radius 2 is 1.82 bits per heavy atom. The molecule has 0 radical (unpaired) electrons. The van der Waals surface area contributed by atoms with Crippen molar-refractivity contribution < 1.29 is 14.1 Å². The van der Waals surface area contributed by atoms with Crippen LogP contribution in [0.5, 0.6) is 0 Å². The summed E-state index contributed by atoms with van der Waals surface area (Å²) in [7, 11) is 3.38. The molecule has 0 saturated carbocycles. The highest BCUT2D eigenvalue weighted by Gasteiger charge is 2.23. The van der Waals surface area contributed by atoms with E-state index in [4.69, 9.17) is 9.51 Å². The lowest BCUT2D eigenvalue weighted by molar-refractivity contribution is -0.115. The summed E-state index contributed by atoms with van der Waals surface area (Å²) < 4.78 is 5.58. The van der Waals surface area contributed by atoms with Gasteiger partial charge in [0.2, 0.25) is 6.41 Å². The van der Waals surface area contributed by atoms with Gasteiger partial charge in [-0.15, -0.1) is 22.7 Å². The zero-order chi connectivity index (χ0) is 26.7. The van der Waals surface area contributed by atoms with Gasteiger partial charge < -0.3 is 14.3 Å². The van der Waals surface area contributed by atoms with Gasteiger partial charge in [0.15, 0.2) is 10.9 Å². The number of rotatable bonds is 9. The minimum absolute atomic E-state index is 0.00656. The lowest BCUT2D eigenvalue weighted by Gasteiger charge is -2.27. The number of amides is 2. The highest BCUT2D eigenvalue weighted by molar-refractivity contribution is 7.14. The number of piperidine rings is 1. The van der Waals surface area contributed by atoms with Crippen molar-refractivity contribution >= 4 is 40.1 Å². The van der Waals surface area contributed by atoms with Crippen LogP contribution in [0, 0.1) is 0 Å². The van der Waals surface area contributed by atoms with Gasteiger partial charge >= 0.3 is 0 Å². The normalized spacial score (nSPS) is 13.4. The zero-order valence-electron chi connectivity index (χ0n) is 21.8. The number of benzene rings is 1. The first-order valence-corrected chi connectivity index (χ1v) is 14.5. The molecule has 2 amide bonds. The Hall–Kier alpha value is -3.34. The summed E-state index contributed by atoms with van der Waals surface area (Å²) in [6.45, 7) is 3.98. The quantitative estimate of drug-likeness (QED) is 0.246. The maximum atomic E-state index is 13.3. The number of nitrogens with zero attached hydrogens (tertiary/aromatic N) is 5. The van der Waals surface area contributed by atoms with Crippen LogP contribution in [0.4, 0.5) is 5.13 Å². The first kappa shape index (κ1) is 27.7. The van der Waals surface area contributed by atoms with Crippen molar-refractivity contribution in [2.45, 2.75) is 25.7 Å². The van der Waals surface area contributed by atoms with E-state index in [2.05, 4.69) is 10.1 Å². The highest BCUT2D eigenvalue weighted by atomic mass is 32.1. The van der Waals surface area contributed by atoms with E-state index in [1.807, 2.05) is 64.2 Å². The number of carbonyl (C=O) groups is 2. The van der Waals surface area contributed by atoms with Gasteiger partial charge in [0.25, 0.3) is 5.91 Å². The minimum atomic E-state index is 0.00656. The van der Waals surface area contributed by atoms with E-state index in [1.165, 1.54) is 46.8 Å². The fourth-order valence-corrected chi connectivity index (χ4v) is 5.61. The average Bonchev–Trinajstić information content (AvgIpc) is 3.74. The summed E-state index contributed by atoms with van der Waals surface area (Å²) >= 11 is 2.93. The van der Waals surface area contributed by atoms with Gasteiger partial charge in [0.05, 0.1) is 4.88 Å². The summed E-state index contributed by atoms with van der Waals surface area (Å²) in [5.41, 5.74) is 2.47. The molecule has 0 aliphatic carbocycles. The van der Waals surface area contributed by atoms with E-state index >= 15 is 0 Å². The summed E-state index contributed by atoms with van der Waals surface area (Å²) in [5, 5.41) is 8.76. The Morgan fingerprint density at radius 3 is 2.50 bits per heavy atom. The molecular weight excluding hydrogens is 518 g/mol. The van der Waals surface area contributed by atoms with Crippen molar-refractivity contribution in [2.75, 3.05) is 45.2 Å². The maximum absolute atomic E-state index is 13.3. The zero-order valence-corrected chi connectivity index (χ0v) is 23.4. The van der Waals surface area contributed by atoms with Crippen molar-refractivity contribution in [3.63, 3.8) is 0 Å². The van der Waals surface area contributed by atoms with Crippen LogP contribution < -0.4 is 4.90 Å². The van der Waals surface area contributed by atoms with E-state index in [1.54, 1.807) is 14.1 Å². The van der Waals surface area contributed by atoms with Crippen LogP contribution >= 0.6 is 22.7 Å². The molecule has 0 bridgehead atoms. The molecule has 8 nitrogen and oxygen atoms in total. The Balaban J connectivity index is 0.000000617. The summed E-state index contributed by atoms with van der Waals surface area (Å²) in [6.07, 6.45) is 5.55. The third kappa shape index (κ3) is 7.59. The average molecular weight is 552 g/mol. The molecule has 3 aromatic heterocycles. The molecule has 0 N–H and O–H groups in total. The molecule has 1 fully saturated rings. The Labute approximate surface area is 231 Å². The monoisotopic (exact) mass is 551 g/mol. The van der Waals surface area contributed by atoms with Gasteiger partial charge in [0.1, 0.15) is 11.4 Å². The first-order valence-electron chi connectivity index (χ1n) is 12.7. The smallest absolute Gasteiger partial charge is 0.270 e. The largest absolute Gasteiger partial charge is 0.354 e. The van der Waals surface area contributed by atoms with Crippen molar-refractivity contribution in [2.24, 2.45) is 0 Å². The number of carbonyl (C=O) groups excluding carboxylic acids is 2. The predicted molar refractivity (Wildman–Crippen MR) is 154 cm³/mol. The lowest BCUT2D eigenvalue weighted by Crippen LogP contribution is -2.35. The molecule has 0 atom stereocenters. The molecule has 200 valence electrons. The molecule has 0 spiro atoms. The number of aromatic nitrogens is 2. The fourth-order valence-electron chi connectivity index (χ4n) is 4.10. The van der Waals surface area contributed by atoms with Crippen molar-refractivity contribution in [3.8, 4) is 22.7 Å². The Morgan fingerprint density at radius 1 is 1.05 bits per heavy atom. The van der Waals surface area contributed by atoms with Gasteiger partial charge in [0, 0.05) is 37.6 Å². The summed E-state index contributed by atoms with van der Waals surface area (Å²) in [6, 6.07) is 15.6. The molecule has 1 aliphatic heterocycles. The molecule has 1 saturated heterocycles. The maximum Gasteiger partial charge on any atom is 0.270 e. The molecule has 4 aromatic rings. The number of thiazole rings is 1. The van der Waals surface area contributed by atoms with Gasteiger partial charge in [-0.25, -0.2) is 4.98 Å². The number of anilines is 1. The van der Waals surface area contributed by atoms with Gasteiger partial charge in [-0.05, 0) is 50.3 Å². The number of hydrogen-bond donors (Lipinski definition) is 0. The van der Waals surface area contributed by atoms with Gasteiger partial charge in [-0.1, -0.05) is 48.0 Å². The topological polar surface area (TPSA) is 82.8 Å². The predicted octanol–water partition coefficient (Wildman–Crippen LogP) is 5.75. The van der Waals surface area contributed by atoms with E-state index in [9.17, 15) is 9.59 Å². The SMILES string of the molecule is CN(C)C=O.O=C(c1cccs1)N(CCCN1CCCCC1)c1nc(-c2cc(-c3ccccc3)no2)cs1. The highest BCUT2D eigenvalue weighted by Crippen LogP contribution is 2.31. The van der Waals surface area contributed by atoms with Crippen LogP contribution in [-0.4, -0.2) is 72.5 Å². The van der Waals surface area contributed by atoms with Crippen LogP contribution in [0.1, 0.15) is 35.4 Å². The minimum Gasteiger partial charge on any atom is -0.354 e. The Kier molecular flexibility index (Phi) is 10.2. The first-order chi connectivity index (χ1) is 18.5.